The summed E-state index contributed by atoms with van der Waals surface area (Å²) >= 11 is 0. The van der Waals surface area contributed by atoms with Gasteiger partial charge in [0, 0.05) is 6.54 Å². The van der Waals surface area contributed by atoms with Crippen molar-refractivity contribution >= 4 is 6.09 Å². The smallest absolute Gasteiger partial charge is 0.411 e. The van der Waals surface area contributed by atoms with Crippen molar-refractivity contribution in [2.75, 3.05) is 6.54 Å². The van der Waals surface area contributed by atoms with Gasteiger partial charge in [0.1, 0.15) is 17.4 Å². The van der Waals surface area contributed by atoms with Crippen LogP contribution in [0.15, 0.2) is 22.8 Å². The SMILES string of the molecule is CC(C)(C)OC(=O)N1CC(N)C1c1ccco1. The van der Waals surface area contributed by atoms with E-state index in [4.69, 9.17) is 14.9 Å². The molecule has 2 atom stereocenters. The van der Waals surface area contributed by atoms with Crippen molar-refractivity contribution in [2.24, 2.45) is 5.73 Å². The van der Waals surface area contributed by atoms with E-state index in [0.717, 1.165) is 0 Å². The van der Waals surface area contributed by atoms with Gasteiger partial charge in [-0.25, -0.2) is 4.79 Å². The Balaban J connectivity index is 2.06. The van der Waals surface area contributed by atoms with E-state index in [1.54, 1.807) is 17.2 Å². The Labute approximate surface area is 101 Å². The first kappa shape index (κ1) is 12.0. The molecule has 17 heavy (non-hydrogen) atoms. The van der Waals surface area contributed by atoms with Crippen LogP contribution < -0.4 is 5.73 Å². The largest absolute Gasteiger partial charge is 0.467 e. The Bertz CT molecular complexity index is 394. The molecule has 2 unspecified atom stereocenters. The minimum Gasteiger partial charge on any atom is -0.467 e. The van der Waals surface area contributed by atoms with Crippen LogP contribution in [-0.4, -0.2) is 29.2 Å². The molecule has 0 aromatic carbocycles. The van der Waals surface area contributed by atoms with E-state index in [0.29, 0.717) is 12.3 Å². The zero-order valence-corrected chi connectivity index (χ0v) is 10.3. The van der Waals surface area contributed by atoms with Crippen molar-refractivity contribution in [2.45, 2.75) is 38.5 Å². The van der Waals surface area contributed by atoms with Crippen LogP contribution in [0, 0.1) is 0 Å². The summed E-state index contributed by atoms with van der Waals surface area (Å²) in [5, 5.41) is 0. The lowest BCUT2D eigenvalue weighted by atomic mass is 9.95. The fourth-order valence-corrected chi connectivity index (χ4v) is 1.87. The van der Waals surface area contributed by atoms with Gasteiger partial charge < -0.3 is 14.9 Å². The van der Waals surface area contributed by atoms with Gasteiger partial charge in [-0.15, -0.1) is 0 Å². The summed E-state index contributed by atoms with van der Waals surface area (Å²) in [6.07, 6.45) is 1.23. The Morgan fingerprint density at radius 2 is 2.29 bits per heavy atom. The molecule has 1 fully saturated rings. The number of nitrogens with zero attached hydrogens (tertiary/aromatic N) is 1. The molecule has 0 aliphatic carbocycles. The number of rotatable bonds is 1. The second-order valence-electron chi connectivity index (χ2n) is 5.26. The normalized spacial score (nSPS) is 24.4. The molecular formula is C12H18N2O3. The van der Waals surface area contributed by atoms with Crippen LogP contribution in [0.2, 0.25) is 0 Å². The third-order valence-electron chi connectivity index (χ3n) is 2.61. The summed E-state index contributed by atoms with van der Waals surface area (Å²) < 4.78 is 10.6. The number of furan rings is 1. The lowest BCUT2D eigenvalue weighted by molar-refractivity contribution is -0.0180. The highest BCUT2D eigenvalue weighted by Gasteiger charge is 2.44. The molecule has 5 nitrogen and oxygen atoms in total. The van der Waals surface area contributed by atoms with E-state index in [9.17, 15) is 4.79 Å². The van der Waals surface area contributed by atoms with Gasteiger partial charge in [-0.3, -0.25) is 4.90 Å². The van der Waals surface area contributed by atoms with Crippen LogP contribution in [-0.2, 0) is 4.74 Å². The Morgan fingerprint density at radius 3 is 2.76 bits per heavy atom. The average Bonchev–Trinajstić information content (AvgIpc) is 2.63. The number of ether oxygens (including phenoxy) is 1. The Hall–Kier alpha value is -1.49. The molecule has 1 saturated heterocycles. The Kier molecular flexibility index (Phi) is 2.87. The molecule has 94 valence electrons. The van der Waals surface area contributed by atoms with Gasteiger partial charge >= 0.3 is 6.09 Å². The third-order valence-corrected chi connectivity index (χ3v) is 2.61. The van der Waals surface area contributed by atoms with Crippen LogP contribution in [0.4, 0.5) is 4.79 Å². The molecule has 0 spiro atoms. The summed E-state index contributed by atoms with van der Waals surface area (Å²) in [6.45, 7) is 6.02. The summed E-state index contributed by atoms with van der Waals surface area (Å²) in [4.78, 5) is 13.5. The molecule has 1 aromatic heterocycles. The van der Waals surface area contributed by atoms with E-state index >= 15 is 0 Å². The van der Waals surface area contributed by atoms with E-state index < -0.39 is 5.60 Å². The predicted octanol–water partition coefficient (Wildman–Crippen LogP) is 1.90. The van der Waals surface area contributed by atoms with Gasteiger partial charge in [-0.05, 0) is 32.9 Å². The molecule has 0 saturated carbocycles. The third kappa shape index (κ3) is 2.44. The first-order valence-corrected chi connectivity index (χ1v) is 5.67. The number of carbonyl (C=O) groups excluding carboxylic acids is 1. The summed E-state index contributed by atoms with van der Waals surface area (Å²) in [5.74, 6) is 0.703. The van der Waals surface area contributed by atoms with Gasteiger partial charge in [0.15, 0.2) is 0 Å². The highest BCUT2D eigenvalue weighted by Crippen LogP contribution is 2.33. The van der Waals surface area contributed by atoms with Crippen LogP contribution in [0.25, 0.3) is 0 Å². The minimum atomic E-state index is -0.496. The number of hydrogen-bond donors (Lipinski definition) is 1. The van der Waals surface area contributed by atoms with Crippen molar-refractivity contribution in [3.8, 4) is 0 Å². The van der Waals surface area contributed by atoms with E-state index in [-0.39, 0.29) is 18.2 Å². The molecule has 2 heterocycles. The number of likely N-dealkylation sites (tertiary alicyclic amines) is 1. The monoisotopic (exact) mass is 238 g/mol. The number of amides is 1. The van der Waals surface area contributed by atoms with Crippen molar-refractivity contribution in [1.29, 1.82) is 0 Å². The fraction of sp³-hybridized carbons (Fsp3) is 0.583. The van der Waals surface area contributed by atoms with Crippen molar-refractivity contribution in [1.82, 2.24) is 4.90 Å². The van der Waals surface area contributed by atoms with Gasteiger partial charge in [0.2, 0.25) is 0 Å². The molecule has 1 amide bonds. The van der Waals surface area contributed by atoms with Crippen LogP contribution in [0.5, 0.6) is 0 Å². The number of carbonyl (C=O) groups is 1. The lowest BCUT2D eigenvalue weighted by Gasteiger charge is -2.44. The van der Waals surface area contributed by atoms with Crippen LogP contribution in [0.1, 0.15) is 32.6 Å². The van der Waals surface area contributed by atoms with E-state index in [1.807, 2.05) is 26.8 Å². The van der Waals surface area contributed by atoms with E-state index in [1.165, 1.54) is 0 Å². The van der Waals surface area contributed by atoms with Gasteiger partial charge in [0.25, 0.3) is 0 Å². The predicted molar refractivity (Wildman–Crippen MR) is 62.4 cm³/mol. The van der Waals surface area contributed by atoms with Crippen molar-refractivity contribution < 1.29 is 13.9 Å². The molecule has 1 aliphatic heterocycles. The summed E-state index contributed by atoms with van der Waals surface area (Å²) in [7, 11) is 0. The maximum Gasteiger partial charge on any atom is 0.411 e. The molecular weight excluding hydrogens is 220 g/mol. The molecule has 0 radical (unpaired) electrons. The number of hydrogen-bond acceptors (Lipinski definition) is 4. The topological polar surface area (TPSA) is 68.7 Å². The van der Waals surface area contributed by atoms with Crippen LogP contribution >= 0.6 is 0 Å². The second-order valence-corrected chi connectivity index (χ2v) is 5.26. The molecule has 2 N–H and O–H groups in total. The van der Waals surface area contributed by atoms with Gasteiger partial charge in [-0.1, -0.05) is 0 Å². The first-order chi connectivity index (χ1) is 7.88. The standard InChI is InChI=1S/C12H18N2O3/c1-12(2,3)17-11(15)14-7-8(13)10(14)9-5-4-6-16-9/h4-6,8,10H,7,13H2,1-3H3. The van der Waals surface area contributed by atoms with Gasteiger partial charge in [-0.2, -0.15) is 0 Å². The molecule has 2 rings (SSSR count). The Morgan fingerprint density at radius 1 is 1.59 bits per heavy atom. The maximum atomic E-state index is 11.9. The quantitative estimate of drug-likeness (QED) is 0.811. The average molecular weight is 238 g/mol. The molecule has 1 aliphatic rings. The lowest BCUT2D eigenvalue weighted by Crippen LogP contribution is -2.60. The second kappa shape index (κ2) is 4.07. The number of nitrogens with two attached hydrogens (primary N) is 1. The molecule has 5 heteroatoms. The first-order valence-electron chi connectivity index (χ1n) is 5.67. The van der Waals surface area contributed by atoms with Gasteiger partial charge in [0.05, 0.1) is 12.3 Å². The summed E-state index contributed by atoms with van der Waals surface area (Å²) in [5.41, 5.74) is 5.40. The van der Waals surface area contributed by atoms with Crippen molar-refractivity contribution in [3.63, 3.8) is 0 Å². The summed E-state index contributed by atoms with van der Waals surface area (Å²) in [6, 6.07) is 3.31. The fourth-order valence-electron chi connectivity index (χ4n) is 1.87. The zero-order chi connectivity index (χ0) is 12.6. The highest BCUT2D eigenvalue weighted by molar-refractivity contribution is 5.70. The maximum absolute atomic E-state index is 11.9. The van der Waals surface area contributed by atoms with E-state index in [2.05, 4.69) is 0 Å². The van der Waals surface area contributed by atoms with Crippen molar-refractivity contribution in [3.05, 3.63) is 24.2 Å². The molecule has 0 bridgehead atoms. The highest BCUT2D eigenvalue weighted by atomic mass is 16.6. The van der Waals surface area contributed by atoms with Crippen LogP contribution in [0.3, 0.4) is 0 Å². The zero-order valence-electron chi connectivity index (χ0n) is 10.3. The minimum absolute atomic E-state index is 0.0892. The molecule has 1 aromatic rings.